The topological polar surface area (TPSA) is 74.1 Å². The number of piperidine rings is 1. The van der Waals surface area contributed by atoms with Crippen LogP contribution in [0.5, 0.6) is 0 Å². The number of terminal acetylenes is 1. The van der Waals surface area contributed by atoms with E-state index in [2.05, 4.69) is 21.5 Å². The number of carbonyl (C=O) groups excluding carboxylic acids is 2. The second kappa shape index (κ2) is 7.85. The van der Waals surface area contributed by atoms with Crippen LogP contribution < -0.4 is 5.32 Å². The summed E-state index contributed by atoms with van der Waals surface area (Å²) >= 11 is 0. The van der Waals surface area contributed by atoms with E-state index in [0.29, 0.717) is 32.1 Å². The Morgan fingerprint density at radius 1 is 1.28 bits per heavy atom. The second-order valence-electron chi connectivity index (χ2n) is 6.34. The van der Waals surface area contributed by atoms with E-state index >= 15 is 0 Å². The molecule has 9 heteroatoms. The maximum absolute atomic E-state index is 12.7. The first kappa shape index (κ1) is 19.2. The molecule has 0 aliphatic carbocycles. The zero-order valence-corrected chi connectivity index (χ0v) is 13.8. The predicted molar refractivity (Wildman–Crippen MR) is 83.3 cm³/mol. The summed E-state index contributed by atoms with van der Waals surface area (Å²) in [5, 5.41) is 10.5. The van der Waals surface area contributed by atoms with Crippen LogP contribution in [0.15, 0.2) is 10.2 Å². The fraction of sp³-hybridized carbons (Fsp3) is 0.750. The van der Waals surface area contributed by atoms with Crippen molar-refractivity contribution >= 4 is 11.8 Å². The van der Waals surface area contributed by atoms with Crippen LogP contribution in [0.2, 0.25) is 0 Å². The van der Waals surface area contributed by atoms with E-state index in [1.165, 1.54) is 0 Å². The first-order valence-corrected chi connectivity index (χ1v) is 8.29. The normalized spacial score (nSPS) is 21.5. The summed E-state index contributed by atoms with van der Waals surface area (Å²) in [5.74, 6) is 0.370. The number of hydrogen-bond acceptors (Lipinski definition) is 4. The fourth-order valence-corrected chi connectivity index (χ4v) is 2.94. The molecule has 2 aliphatic heterocycles. The third-order valence-electron chi connectivity index (χ3n) is 4.47. The Labute approximate surface area is 144 Å². The Hall–Kier alpha value is -2.11. The van der Waals surface area contributed by atoms with E-state index in [-0.39, 0.29) is 25.4 Å². The van der Waals surface area contributed by atoms with Gasteiger partial charge in [0.15, 0.2) is 5.66 Å². The van der Waals surface area contributed by atoms with Crippen molar-refractivity contribution in [2.24, 2.45) is 10.2 Å². The van der Waals surface area contributed by atoms with Crippen LogP contribution >= 0.6 is 0 Å². The molecule has 6 nitrogen and oxygen atoms in total. The van der Waals surface area contributed by atoms with Gasteiger partial charge in [-0.05, 0) is 19.3 Å². The van der Waals surface area contributed by atoms with Crippen LogP contribution in [0.3, 0.4) is 0 Å². The summed E-state index contributed by atoms with van der Waals surface area (Å²) in [4.78, 5) is 24.3. The van der Waals surface area contributed by atoms with Gasteiger partial charge in [0.25, 0.3) is 0 Å². The molecule has 0 aromatic rings. The van der Waals surface area contributed by atoms with Crippen LogP contribution in [0.25, 0.3) is 0 Å². The van der Waals surface area contributed by atoms with Gasteiger partial charge in [-0.25, -0.2) is 0 Å². The molecule has 2 heterocycles. The summed E-state index contributed by atoms with van der Waals surface area (Å²) in [6, 6.07) is -0.627. The predicted octanol–water partition coefficient (Wildman–Crippen LogP) is 2.40. The average Bonchev–Trinajstić information content (AvgIpc) is 3.35. The molecule has 0 bridgehead atoms. The third-order valence-corrected chi connectivity index (χ3v) is 4.47. The number of carbonyl (C=O) groups is 2. The minimum absolute atomic E-state index is 0.0201. The summed E-state index contributed by atoms with van der Waals surface area (Å²) in [6.45, 7) is 0.0815. The molecule has 1 fully saturated rings. The standard InChI is InChI=1S/C16H21F3N4O2/c1-2-3-8-15(21-22-15)9-7-13(24)20-11-12-6-4-5-10-23(12)14(25)16(17,18)19/h1,12H,3-11H2,(H,20,24). The summed E-state index contributed by atoms with van der Waals surface area (Å²) in [5.41, 5.74) is -0.563. The number of amides is 2. The molecule has 138 valence electrons. The number of hydrogen-bond donors (Lipinski definition) is 1. The zero-order chi connectivity index (χ0) is 18.5. The van der Waals surface area contributed by atoms with Gasteiger partial charge in [0.2, 0.25) is 5.91 Å². The smallest absolute Gasteiger partial charge is 0.354 e. The second-order valence-corrected chi connectivity index (χ2v) is 6.34. The number of likely N-dealkylation sites (tertiary alicyclic amines) is 1. The van der Waals surface area contributed by atoms with Crippen LogP contribution in [-0.2, 0) is 9.59 Å². The zero-order valence-electron chi connectivity index (χ0n) is 13.8. The van der Waals surface area contributed by atoms with Crippen molar-refractivity contribution in [1.82, 2.24) is 10.2 Å². The molecule has 0 aromatic heterocycles. The number of rotatable bonds is 7. The van der Waals surface area contributed by atoms with Crippen molar-refractivity contribution in [2.75, 3.05) is 13.1 Å². The van der Waals surface area contributed by atoms with Crippen molar-refractivity contribution in [3.8, 4) is 12.3 Å². The van der Waals surface area contributed by atoms with E-state index in [1.54, 1.807) is 0 Å². The molecular formula is C16H21F3N4O2. The molecule has 1 N–H and O–H groups in total. The summed E-state index contributed by atoms with van der Waals surface area (Å²) in [7, 11) is 0. The number of alkyl halides is 3. The van der Waals surface area contributed by atoms with E-state index in [9.17, 15) is 22.8 Å². The first-order chi connectivity index (χ1) is 11.8. The molecule has 0 radical (unpaired) electrons. The molecule has 0 aromatic carbocycles. The lowest BCUT2D eigenvalue weighted by Gasteiger charge is -2.36. The van der Waals surface area contributed by atoms with Gasteiger partial charge in [-0.15, -0.1) is 12.3 Å². The van der Waals surface area contributed by atoms with E-state index < -0.39 is 23.8 Å². The molecule has 2 aliphatic rings. The maximum atomic E-state index is 12.7. The highest BCUT2D eigenvalue weighted by Crippen LogP contribution is 2.37. The highest BCUT2D eigenvalue weighted by atomic mass is 19.4. The molecule has 25 heavy (non-hydrogen) atoms. The molecule has 1 atom stereocenters. The quantitative estimate of drug-likeness (QED) is 0.710. The molecule has 0 spiro atoms. The molecule has 1 saturated heterocycles. The molecule has 1 unspecified atom stereocenters. The van der Waals surface area contributed by atoms with Crippen molar-refractivity contribution in [3.05, 3.63) is 0 Å². The fourth-order valence-electron chi connectivity index (χ4n) is 2.94. The van der Waals surface area contributed by atoms with Gasteiger partial charge in [0.1, 0.15) is 0 Å². The minimum atomic E-state index is -4.89. The lowest BCUT2D eigenvalue weighted by atomic mass is 10.0. The van der Waals surface area contributed by atoms with Crippen molar-refractivity contribution in [2.45, 2.75) is 62.8 Å². The van der Waals surface area contributed by atoms with Crippen molar-refractivity contribution in [3.63, 3.8) is 0 Å². The van der Waals surface area contributed by atoms with Gasteiger partial charge < -0.3 is 10.2 Å². The molecule has 2 amide bonds. The number of halogens is 3. The van der Waals surface area contributed by atoms with E-state index in [4.69, 9.17) is 6.42 Å². The monoisotopic (exact) mass is 358 g/mol. The maximum Gasteiger partial charge on any atom is 0.471 e. The van der Waals surface area contributed by atoms with Gasteiger partial charge in [-0.3, -0.25) is 9.59 Å². The van der Waals surface area contributed by atoms with Crippen molar-refractivity contribution in [1.29, 1.82) is 0 Å². The van der Waals surface area contributed by atoms with Gasteiger partial charge in [-0.1, -0.05) is 0 Å². The van der Waals surface area contributed by atoms with Crippen LogP contribution in [0, 0.1) is 12.3 Å². The lowest BCUT2D eigenvalue weighted by Crippen LogP contribution is -2.53. The Morgan fingerprint density at radius 3 is 2.60 bits per heavy atom. The summed E-state index contributed by atoms with van der Waals surface area (Å²) < 4.78 is 38.0. The Morgan fingerprint density at radius 2 is 2.00 bits per heavy atom. The van der Waals surface area contributed by atoms with E-state index in [1.807, 2.05) is 0 Å². The molecular weight excluding hydrogens is 337 g/mol. The van der Waals surface area contributed by atoms with Crippen LogP contribution in [0.1, 0.15) is 44.9 Å². The number of nitrogens with zero attached hydrogens (tertiary/aromatic N) is 3. The highest BCUT2D eigenvalue weighted by Gasteiger charge is 2.45. The van der Waals surface area contributed by atoms with Gasteiger partial charge in [0.05, 0.1) is 0 Å². The largest absolute Gasteiger partial charge is 0.471 e. The Balaban J connectivity index is 1.77. The Kier molecular flexibility index (Phi) is 6.03. The molecule has 2 rings (SSSR count). The minimum Gasteiger partial charge on any atom is -0.354 e. The van der Waals surface area contributed by atoms with Gasteiger partial charge in [0, 0.05) is 44.8 Å². The summed E-state index contributed by atoms with van der Waals surface area (Å²) in [6.07, 6.45) is 3.71. The lowest BCUT2D eigenvalue weighted by molar-refractivity contribution is -0.189. The van der Waals surface area contributed by atoms with Crippen molar-refractivity contribution < 1.29 is 22.8 Å². The highest BCUT2D eigenvalue weighted by molar-refractivity contribution is 5.82. The van der Waals surface area contributed by atoms with Crippen LogP contribution in [0.4, 0.5) is 13.2 Å². The van der Waals surface area contributed by atoms with Gasteiger partial charge >= 0.3 is 12.1 Å². The average molecular weight is 358 g/mol. The molecule has 0 saturated carbocycles. The third kappa shape index (κ3) is 5.44. The van der Waals surface area contributed by atoms with Crippen LogP contribution in [-0.4, -0.2) is 47.7 Å². The van der Waals surface area contributed by atoms with E-state index in [0.717, 1.165) is 11.3 Å². The first-order valence-electron chi connectivity index (χ1n) is 8.29. The van der Waals surface area contributed by atoms with Gasteiger partial charge in [-0.2, -0.15) is 23.4 Å². The SMILES string of the molecule is C#CCCC1(CCC(=O)NCC2CCCCN2C(=O)C(F)(F)F)N=N1. The number of nitrogens with one attached hydrogen (secondary N) is 1. The Bertz CT molecular complexity index is 577.